The van der Waals surface area contributed by atoms with E-state index in [1.54, 1.807) is 36.3 Å². The number of carbonyl (C=O) groups is 3. The van der Waals surface area contributed by atoms with E-state index >= 15 is 0 Å². The van der Waals surface area contributed by atoms with E-state index in [4.69, 9.17) is 4.74 Å². The summed E-state index contributed by atoms with van der Waals surface area (Å²) >= 11 is 0. The SMILES string of the molecule is CCCCCC(=O)N(CC(=O)NCC(=O)Nc1ccc(OC)cc1)CC(C)C. The first-order valence-corrected chi connectivity index (χ1v) is 9.84. The molecule has 0 aliphatic carbocycles. The third-order valence-corrected chi connectivity index (χ3v) is 4.09. The first-order valence-electron chi connectivity index (χ1n) is 9.84. The molecule has 0 saturated heterocycles. The Morgan fingerprint density at radius 3 is 2.32 bits per heavy atom. The Hall–Kier alpha value is -2.57. The van der Waals surface area contributed by atoms with Gasteiger partial charge in [-0.2, -0.15) is 0 Å². The predicted octanol–water partition coefficient (Wildman–Crippen LogP) is 2.81. The molecule has 0 aliphatic heterocycles. The van der Waals surface area contributed by atoms with Gasteiger partial charge in [-0.1, -0.05) is 33.6 Å². The van der Waals surface area contributed by atoms with Crippen LogP contribution in [0.25, 0.3) is 0 Å². The zero-order valence-corrected chi connectivity index (χ0v) is 17.4. The first-order chi connectivity index (χ1) is 13.3. The van der Waals surface area contributed by atoms with E-state index in [0.29, 0.717) is 24.4 Å². The summed E-state index contributed by atoms with van der Waals surface area (Å²) in [5, 5.41) is 5.28. The molecule has 156 valence electrons. The summed E-state index contributed by atoms with van der Waals surface area (Å²) in [4.78, 5) is 38.2. The molecule has 0 radical (unpaired) electrons. The van der Waals surface area contributed by atoms with Crippen molar-refractivity contribution in [2.24, 2.45) is 5.92 Å². The highest BCUT2D eigenvalue weighted by Gasteiger charge is 2.18. The zero-order valence-electron chi connectivity index (χ0n) is 17.4. The van der Waals surface area contributed by atoms with E-state index in [9.17, 15) is 14.4 Å². The highest BCUT2D eigenvalue weighted by Crippen LogP contribution is 2.14. The Morgan fingerprint density at radius 2 is 1.75 bits per heavy atom. The van der Waals surface area contributed by atoms with Crippen LogP contribution >= 0.6 is 0 Å². The van der Waals surface area contributed by atoms with Gasteiger partial charge in [0.2, 0.25) is 17.7 Å². The van der Waals surface area contributed by atoms with E-state index in [-0.39, 0.29) is 36.7 Å². The van der Waals surface area contributed by atoms with Crippen LogP contribution in [-0.4, -0.2) is 49.4 Å². The molecule has 0 heterocycles. The lowest BCUT2D eigenvalue weighted by molar-refractivity contribution is -0.136. The topological polar surface area (TPSA) is 87.7 Å². The normalized spacial score (nSPS) is 10.5. The van der Waals surface area contributed by atoms with Crippen molar-refractivity contribution >= 4 is 23.4 Å². The van der Waals surface area contributed by atoms with Crippen LogP contribution in [-0.2, 0) is 14.4 Å². The summed E-state index contributed by atoms with van der Waals surface area (Å²) in [5.74, 6) is 0.277. The van der Waals surface area contributed by atoms with Gasteiger partial charge in [-0.3, -0.25) is 14.4 Å². The molecule has 7 heteroatoms. The smallest absolute Gasteiger partial charge is 0.243 e. The van der Waals surface area contributed by atoms with Crippen molar-refractivity contribution in [3.05, 3.63) is 24.3 Å². The number of hydrogen-bond acceptors (Lipinski definition) is 4. The third kappa shape index (κ3) is 9.39. The van der Waals surface area contributed by atoms with E-state index in [1.165, 1.54) is 0 Å². The molecule has 0 saturated carbocycles. The van der Waals surface area contributed by atoms with E-state index in [2.05, 4.69) is 17.6 Å². The number of hydrogen-bond donors (Lipinski definition) is 2. The molecule has 1 aromatic carbocycles. The van der Waals surface area contributed by atoms with Crippen molar-refractivity contribution in [2.75, 3.05) is 32.1 Å². The molecule has 0 atom stereocenters. The Morgan fingerprint density at radius 1 is 1.07 bits per heavy atom. The van der Waals surface area contributed by atoms with E-state index < -0.39 is 0 Å². The maximum absolute atomic E-state index is 12.4. The molecule has 2 N–H and O–H groups in total. The standard InChI is InChI=1S/C21H33N3O4/c1-5-6-7-8-21(27)24(14-16(2)3)15-20(26)22-13-19(25)23-17-9-11-18(28-4)12-10-17/h9-12,16H,5-8,13-15H2,1-4H3,(H,22,26)(H,23,25). The van der Waals surface area contributed by atoms with Crippen LogP contribution in [0.5, 0.6) is 5.75 Å². The Balaban J connectivity index is 2.46. The van der Waals surface area contributed by atoms with Crippen LogP contribution in [0.3, 0.4) is 0 Å². The maximum Gasteiger partial charge on any atom is 0.243 e. The minimum Gasteiger partial charge on any atom is -0.497 e. The highest BCUT2D eigenvalue weighted by atomic mass is 16.5. The first kappa shape index (κ1) is 23.5. The van der Waals surface area contributed by atoms with Crippen molar-refractivity contribution in [1.29, 1.82) is 0 Å². The van der Waals surface area contributed by atoms with Gasteiger partial charge in [0, 0.05) is 18.7 Å². The van der Waals surface area contributed by atoms with Crippen LogP contribution < -0.4 is 15.4 Å². The average molecular weight is 392 g/mol. The second-order valence-corrected chi connectivity index (χ2v) is 7.18. The number of methoxy groups -OCH3 is 1. The molecule has 0 unspecified atom stereocenters. The van der Waals surface area contributed by atoms with Crippen molar-refractivity contribution in [2.45, 2.75) is 46.5 Å². The van der Waals surface area contributed by atoms with Gasteiger partial charge in [-0.25, -0.2) is 0 Å². The molecule has 0 spiro atoms. The van der Waals surface area contributed by atoms with Crippen LogP contribution in [0.4, 0.5) is 5.69 Å². The number of nitrogens with one attached hydrogen (secondary N) is 2. The maximum atomic E-state index is 12.4. The molecule has 0 bridgehead atoms. The summed E-state index contributed by atoms with van der Waals surface area (Å²) in [6.45, 7) is 6.44. The van der Waals surface area contributed by atoms with Gasteiger partial charge in [-0.05, 0) is 36.6 Å². The summed E-state index contributed by atoms with van der Waals surface area (Å²) in [6, 6.07) is 6.92. The molecule has 7 nitrogen and oxygen atoms in total. The van der Waals surface area contributed by atoms with Gasteiger partial charge in [0.25, 0.3) is 0 Å². The van der Waals surface area contributed by atoms with Crippen LogP contribution in [0.15, 0.2) is 24.3 Å². The van der Waals surface area contributed by atoms with Gasteiger partial charge in [-0.15, -0.1) is 0 Å². The Kier molecular flexibility index (Phi) is 10.7. The number of anilines is 1. The Labute approximate surface area is 167 Å². The largest absolute Gasteiger partial charge is 0.497 e. The monoisotopic (exact) mass is 391 g/mol. The van der Waals surface area contributed by atoms with Crippen LogP contribution in [0.1, 0.15) is 46.5 Å². The lowest BCUT2D eigenvalue weighted by atomic mass is 10.1. The van der Waals surface area contributed by atoms with Crippen LogP contribution in [0, 0.1) is 5.92 Å². The molecule has 28 heavy (non-hydrogen) atoms. The fourth-order valence-electron chi connectivity index (χ4n) is 2.67. The summed E-state index contributed by atoms with van der Waals surface area (Å²) in [5.41, 5.74) is 0.618. The molecular formula is C21H33N3O4. The second-order valence-electron chi connectivity index (χ2n) is 7.18. The third-order valence-electron chi connectivity index (χ3n) is 4.09. The molecule has 0 aliphatic rings. The number of unbranched alkanes of at least 4 members (excludes halogenated alkanes) is 2. The minimum atomic E-state index is -0.339. The minimum absolute atomic E-state index is 0.0139. The quantitative estimate of drug-likeness (QED) is 0.536. The number of nitrogens with zero attached hydrogens (tertiary/aromatic N) is 1. The molecule has 1 rings (SSSR count). The predicted molar refractivity (Wildman–Crippen MR) is 110 cm³/mol. The van der Waals surface area contributed by atoms with Crippen molar-refractivity contribution in [1.82, 2.24) is 10.2 Å². The molecule has 0 aromatic heterocycles. The lowest BCUT2D eigenvalue weighted by Crippen LogP contribution is -2.44. The van der Waals surface area contributed by atoms with Gasteiger partial charge in [0.15, 0.2) is 0 Å². The number of rotatable bonds is 12. The number of ether oxygens (including phenoxy) is 1. The zero-order chi connectivity index (χ0) is 20.9. The molecule has 1 aromatic rings. The van der Waals surface area contributed by atoms with Gasteiger partial charge < -0.3 is 20.3 Å². The second kappa shape index (κ2) is 12.8. The molecular weight excluding hydrogens is 358 g/mol. The van der Waals surface area contributed by atoms with E-state index in [1.807, 2.05) is 13.8 Å². The van der Waals surface area contributed by atoms with E-state index in [0.717, 1.165) is 19.3 Å². The van der Waals surface area contributed by atoms with Crippen LogP contribution in [0.2, 0.25) is 0 Å². The summed E-state index contributed by atoms with van der Waals surface area (Å²) < 4.78 is 5.07. The summed E-state index contributed by atoms with van der Waals surface area (Å²) in [6.07, 6.45) is 3.32. The van der Waals surface area contributed by atoms with Crippen molar-refractivity contribution in [3.63, 3.8) is 0 Å². The fourth-order valence-corrected chi connectivity index (χ4v) is 2.67. The highest BCUT2D eigenvalue weighted by molar-refractivity contribution is 5.95. The Bertz CT molecular complexity index is 629. The van der Waals surface area contributed by atoms with Gasteiger partial charge >= 0.3 is 0 Å². The number of benzene rings is 1. The average Bonchev–Trinajstić information content (AvgIpc) is 2.66. The number of carbonyl (C=O) groups excluding carboxylic acids is 3. The molecule has 0 fully saturated rings. The summed E-state index contributed by atoms with van der Waals surface area (Å²) in [7, 11) is 1.57. The number of amides is 3. The fraction of sp³-hybridized carbons (Fsp3) is 0.571. The van der Waals surface area contributed by atoms with Gasteiger partial charge in [0.1, 0.15) is 5.75 Å². The molecule has 3 amide bonds. The van der Waals surface area contributed by atoms with Crippen molar-refractivity contribution < 1.29 is 19.1 Å². The van der Waals surface area contributed by atoms with Crippen molar-refractivity contribution in [3.8, 4) is 5.75 Å². The van der Waals surface area contributed by atoms with Gasteiger partial charge in [0.05, 0.1) is 20.2 Å². The lowest BCUT2D eigenvalue weighted by Gasteiger charge is -2.24.